The summed E-state index contributed by atoms with van der Waals surface area (Å²) in [6, 6.07) is 0. The van der Waals surface area contributed by atoms with E-state index in [-0.39, 0.29) is 78.9 Å². The number of hydrogen-bond donors (Lipinski definition) is 1. The van der Waals surface area contributed by atoms with Crippen molar-refractivity contribution < 1.29 is 87.1 Å². The molecule has 0 aromatic carbocycles. The summed E-state index contributed by atoms with van der Waals surface area (Å²) >= 11 is 0. The molecule has 0 heterocycles. The molecule has 0 aliphatic carbocycles. The van der Waals surface area contributed by atoms with E-state index in [0.717, 1.165) is 31.3 Å². The largest absolute Gasteiger partial charge is 1.00 e. The topological polar surface area (TPSA) is 111 Å². The summed E-state index contributed by atoms with van der Waals surface area (Å²) in [6.45, 7) is 11.4. The maximum atomic E-state index is 12.7. The molecule has 11 heteroatoms. The number of allylic oxidation sites excluding steroid dienone is 5. The smallest absolute Gasteiger partial charge is 0.809 e. The Morgan fingerprint density at radius 3 is 1.74 bits per heavy atom. The number of hydrogen-bond acceptors (Lipinski definition) is 7. The second-order valence-corrected chi connectivity index (χ2v) is 11.3. The molecule has 0 radical (unpaired) electrons. The molecule has 0 spiro atoms. The molecule has 1 N–H and O–H groups in total. The van der Waals surface area contributed by atoms with Crippen molar-refractivity contribution in [2.24, 2.45) is 0 Å². The summed E-state index contributed by atoms with van der Waals surface area (Å²) in [4.78, 5) is 23.2. The monoisotopic (exact) mass is 495 g/mol. The van der Waals surface area contributed by atoms with Crippen molar-refractivity contribution >= 4 is 15.2 Å². The van der Waals surface area contributed by atoms with Crippen LogP contribution in [0.2, 0.25) is 0 Å². The quantitative estimate of drug-likeness (QED) is 0.167. The Morgan fingerprint density at radius 2 is 1.32 bits per heavy atom. The van der Waals surface area contributed by atoms with Crippen LogP contribution < -0.4 is 74.2 Å². The molecule has 0 amide bonds. The van der Waals surface area contributed by atoms with E-state index in [1.165, 1.54) is 11.1 Å². The van der Waals surface area contributed by atoms with Crippen molar-refractivity contribution in [3.05, 3.63) is 34.9 Å². The van der Waals surface area contributed by atoms with Crippen molar-refractivity contribution in [3.63, 3.8) is 0 Å². The molecular formula is C20H37NNa2O6P2. The van der Waals surface area contributed by atoms with Gasteiger partial charge in [-0.25, -0.2) is 0 Å². The van der Waals surface area contributed by atoms with Gasteiger partial charge in [0.2, 0.25) is 0 Å². The summed E-state index contributed by atoms with van der Waals surface area (Å²) in [5, 5.41) is 2.54. The van der Waals surface area contributed by atoms with E-state index in [9.17, 15) is 18.9 Å². The van der Waals surface area contributed by atoms with Crippen molar-refractivity contribution in [1.82, 2.24) is 5.32 Å². The summed E-state index contributed by atoms with van der Waals surface area (Å²) in [5.41, 5.74) is 1.79. The SMILES string of the molecule is CCOP(=O)(OCC)C(NC/C=C(\C)CC/C=C(\C)CCC=C(C)C)P(=O)([O-])[O-].[Na+].[Na+]. The molecule has 0 aromatic heterocycles. The maximum Gasteiger partial charge on any atom is 1.00 e. The van der Waals surface area contributed by atoms with Crippen LogP contribution in [0.25, 0.3) is 0 Å². The van der Waals surface area contributed by atoms with E-state index in [0.29, 0.717) is 0 Å². The van der Waals surface area contributed by atoms with E-state index < -0.39 is 20.7 Å². The van der Waals surface area contributed by atoms with E-state index >= 15 is 0 Å². The Bertz CT molecular complexity index is 663. The molecule has 1 unspecified atom stereocenters. The molecule has 0 aromatic rings. The van der Waals surface area contributed by atoms with Gasteiger partial charge < -0.3 is 23.4 Å². The van der Waals surface area contributed by atoms with Gasteiger partial charge in [0, 0.05) is 6.54 Å². The van der Waals surface area contributed by atoms with Gasteiger partial charge in [-0.3, -0.25) is 9.88 Å². The molecule has 0 aliphatic rings. The zero-order valence-electron chi connectivity index (χ0n) is 20.6. The second-order valence-electron chi connectivity index (χ2n) is 7.16. The fraction of sp³-hybridized carbons (Fsp3) is 0.700. The van der Waals surface area contributed by atoms with Gasteiger partial charge in [-0.1, -0.05) is 34.9 Å². The minimum Gasteiger partial charge on any atom is -0.809 e. The molecule has 0 aliphatic heterocycles. The Kier molecular flexibility index (Phi) is 23.6. The molecule has 0 saturated heterocycles. The van der Waals surface area contributed by atoms with Gasteiger partial charge in [0.05, 0.1) is 13.2 Å². The zero-order chi connectivity index (χ0) is 22.5. The van der Waals surface area contributed by atoms with Crippen LogP contribution >= 0.6 is 15.2 Å². The average molecular weight is 495 g/mol. The maximum absolute atomic E-state index is 12.7. The van der Waals surface area contributed by atoms with Gasteiger partial charge in [0.25, 0.3) is 0 Å². The van der Waals surface area contributed by atoms with Gasteiger partial charge in [-0.2, -0.15) is 0 Å². The Balaban J connectivity index is -0.00000392. The third kappa shape index (κ3) is 17.6. The van der Waals surface area contributed by atoms with Crippen molar-refractivity contribution in [1.29, 1.82) is 0 Å². The third-order valence-corrected chi connectivity index (χ3v) is 8.59. The van der Waals surface area contributed by atoms with Crippen LogP contribution in [0.3, 0.4) is 0 Å². The Labute approximate surface area is 233 Å². The first-order valence-electron chi connectivity index (χ1n) is 10.0. The fourth-order valence-corrected chi connectivity index (χ4v) is 6.13. The van der Waals surface area contributed by atoms with E-state index in [1.807, 2.05) is 6.92 Å². The van der Waals surface area contributed by atoms with Crippen molar-refractivity contribution in [2.75, 3.05) is 19.8 Å². The number of nitrogens with one attached hydrogen (secondary N) is 1. The molecule has 31 heavy (non-hydrogen) atoms. The molecule has 1 atom stereocenters. The van der Waals surface area contributed by atoms with Gasteiger partial charge in [0.15, 0.2) is 0 Å². The van der Waals surface area contributed by atoms with E-state index in [1.54, 1.807) is 19.9 Å². The molecule has 170 valence electrons. The van der Waals surface area contributed by atoms with Crippen LogP contribution in [0.4, 0.5) is 0 Å². The molecule has 0 rings (SSSR count). The first kappa shape index (κ1) is 37.0. The Hall–Kier alpha value is 1.48. The molecule has 0 bridgehead atoms. The molecule has 0 fully saturated rings. The minimum atomic E-state index is -5.24. The first-order chi connectivity index (χ1) is 13.5. The van der Waals surface area contributed by atoms with Crippen LogP contribution in [-0.4, -0.2) is 25.3 Å². The predicted molar refractivity (Wildman–Crippen MR) is 116 cm³/mol. The minimum absolute atomic E-state index is 0. The molecule has 0 saturated carbocycles. The second kappa shape index (κ2) is 19.8. The van der Waals surface area contributed by atoms with Crippen LogP contribution in [0.5, 0.6) is 0 Å². The van der Waals surface area contributed by atoms with Gasteiger partial charge >= 0.3 is 66.7 Å². The summed E-state index contributed by atoms with van der Waals surface area (Å²) in [6.07, 6.45) is 9.97. The average Bonchev–Trinajstić information content (AvgIpc) is 2.57. The van der Waals surface area contributed by atoms with Crippen molar-refractivity contribution in [3.8, 4) is 0 Å². The predicted octanol–water partition coefficient (Wildman–Crippen LogP) is -1.53. The van der Waals surface area contributed by atoms with Crippen LogP contribution in [0, 0.1) is 0 Å². The third-order valence-electron chi connectivity index (χ3n) is 4.09. The van der Waals surface area contributed by atoms with Crippen molar-refractivity contribution in [2.45, 2.75) is 72.7 Å². The van der Waals surface area contributed by atoms with E-state index in [4.69, 9.17) is 9.05 Å². The standard InChI is InChI=1S/C20H39NO6P2.2Na/c1-7-26-29(25,27-8-2)20(28(22,23)24)21-16-15-19(6)14-10-13-18(5)12-9-11-17(3)4;;/h11,13,15,20-21H,7-10,12,14,16H2,1-6H3,(H2,22,23,24);;/q;2*+1/p-2/b18-13+,19-15+;;. The summed E-state index contributed by atoms with van der Waals surface area (Å²) < 4.78 is 34.4. The molecular weight excluding hydrogens is 458 g/mol. The fourth-order valence-electron chi connectivity index (χ4n) is 2.61. The van der Waals surface area contributed by atoms with Crippen LogP contribution in [0.15, 0.2) is 34.9 Å². The van der Waals surface area contributed by atoms with Gasteiger partial charge in [-0.15, -0.1) is 0 Å². The van der Waals surface area contributed by atoms with Crippen LogP contribution in [-0.2, 0) is 18.2 Å². The summed E-state index contributed by atoms with van der Waals surface area (Å²) in [7, 11) is -9.34. The van der Waals surface area contributed by atoms with Gasteiger partial charge in [0.1, 0.15) is 5.52 Å². The van der Waals surface area contributed by atoms with Crippen LogP contribution in [0.1, 0.15) is 67.2 Å². The van der Waals surface area contributed by atoms with Gasteiger partial charge in [-0.05, 0) is 74.8 Å². The Morgan fingerprint density at radius 1 is 0.871 bits per heavy atom. The first-order valence-corrected chi connectivity index (χ1v) is 13.3. The van der Waals surface area contributed by atoms with E-state index in [2.05, 4.69) is 38.2 Å². The normalized spacial score (nSPS) is 13.8. The zero-order valence-corrected chi connectivity index (χ0v) is 26.4. The summed E-state index contributed by atoms with van der Waals surface area (Å²) in [5.74, 6) is 0. The number of rotatable bonds is 15. The molecule has 7 nitrogen and oxygen atoms in total.